The van der Waals surface area contributed by atoms with Gasteiger partial charge in [-0.1, -0.05) is 40.5 Å². The van der Waals surface area contributed by atoms with Gasteiger partial charge >= 0.3 is 6.03 Å². The molecule has 34 heavy (non-hydrogen) atoms. The van der Waals surface area contributed by atoms with E-state index in [1.54, 1.807) is 6.07 Å². The molecule has 186 valence electrons. The van der Waals surface area contributed by atoms with E-state index in [0.29, 0.717) is 30.9 Å². The lowest BCUT2D eigenvalue weighted by atomic mass is 9.67. The summed E-state index contributed by atoms with van der Waals surface area (Å²) in [5.41, 5.74) is -0.158. The van der Waals surface area contributed by atoms with Crippen LogP contribution < -0.4 is 10.2 Å². The van der Waals surface area contributed by atoms with Crippen molar-refractivity contribution in [1.82, 2.24) is 10.2 Å². The molecule has 2 aliphatic heterocycles. The van der Waals surface area contributed by atoms with Gasteiger partial charge in [-0.2, -0.15) is 0 Å². The van der Waals surface area contributed by atoms with Crippen LogP contribution in [0.2, 0.25) is 0 Å². The number of rotatable bonds is 10. The summed E-state index contributed by atoms with van der Waals surface area (Å²) in [6.07, 6.45) is 4.65. The number of carbonyl (C=O) groups is 3. The van der Waals surface area contributed by atoms with Gasteiger partial charge in [0.1, 0.15) is 0 Å². The fourth-order valence-electron chi connectivity index (χ4n) is 5.26. The average Bonchev–Trinajstić information content (AvgIpc) is 2.78. The van der Waals surface area contributed by atoms with Gasteiger partial charge in [-0.3, -0.25) is 29.9 Å². The molecule has 2 heterocycles. The van der Waals surface area contributed by atoms with Gasteiger partial charge < -0.3 is 4.90 Å². The number of nitrogens with zero attached hydrogens (tertiary/aromatic N) is 3. The van der Waals surface area contributed by atoms with Crippen LogP contribution in [-0.4, -0.2) is 46.8 Å². The van der Waals surface area contributed by atoms with Crippen LogP contribution >= 0.6 is 0 Å². The van der Waals surface area contributed by atoms with Crippen LogP contribution in [0.15, 0.2) is 18.2 Å². The highest BCUT2D eigenvalue weighted by molar-refractivity contribution is 6.20. The van der Waals surface area contributed by atoms with E-state index in [2.05, 4.69) is 31.0 Å². The Kier molecular flexibility index (Phi) is 7.94. The number of nitro groups is 1. The number of anilines is 1. The number of hydrogen-bond acceptors (Lipinski definition) is 6. The van der Waals surface area contributed by atoms with E-state index in [-0.39, 0.29) is 18.7 Å². The zero-order valence-electron chi connectivity index (χ0n) is 20.6. The Balaban J connectivity index is 2.12. The molecule has 0 bridgehead atoms. The van der Waals surface area contributed by atoms with Crippen LogP contribution in [0.25, 0.3) is 0 Å². The van der Waals surface area contributed by atoms with Gasteiger partial charge in [-0.25, -0.2) is 4.79 Å². The molecule has 1 spiro atoms. The number of nitro benzene ring substituents is 1. The van der Waals surface area contributed by atoms with Crippen LogP contribution in [0.3, 0.4) is 0 Å². The molecule has 1 aromatic rings. The molecule has 3 rings (SSSR count). The summed E-state index contributed by atoms with van der Waals surface area (Å²) in [6, 6.07) is 3.56. The Morgan fingerprint density at radius 3 is 2.50 bits per heavy atom. The van der Waals surface area contributed by atoms with Crippen molar-refractivity contribution >= 4 is 29.2 Å². The first kappa shape index (κ1) is 25.6. The van der Waals surface area contributed by atoms with Crippen molar-refractivity contribution in [3.63, 3.8) is 0 Å². The Labute approximate surface area is 201 Å². The minimum absolute atomic E-state index is 0.0376. The van der Waals surface area contributed by atoms with Gasteiger partial charge in [0.25, 0.3) is 5.69 Å². The minimum atomic E-state index is -1.50. The molecule has 1 N–H and O–H groups in total. The highest BCUT2D eigenvalue weighted by Crippen LogP contribution is 2.47. The van der Waals surface area contributed by atoms with Gasteiger partial charge in [-0.15, -0.1) is 0 Å². The van der Waals surface area contributed by atoms with E-state index >= 15 is 0 Å². The van der Waals surface area contributed by atoms with Crippen molar-refractivity contribution in [2.24, 2.45) is 11.3 Å². The van der Waals surface area contributed by atoms with Crippen molar-refractivity contribution < 1.29 is 19.3 Å². The van der Waals surface area contributed by atoms with Crippen LogP contribution in [0, 0.1) is 21.4 Å². The molecule has 1 aromatic carbocycles. The third-order valence-corrected chi connectivity index (χ3v) is 6.97. The molecule has 1 fully saturated rings. The molecule has 0 saturated carbocycles. The normalized spacial score (nSPS) is 22.4. The molecule has 2 atom stereocenters. The Morgan fingerprint density at radius 1 is 1.15 bits per heavy atom. The van der Waals surface area contributed by atoms with E-state index in [0.717, 1.165) is 31.4 Å². The van der Waals surface area contributed by atoms with Gasteiger partial charge in [0.15, 0.2) is 5.41 Å². The predicted molar refractivity (Wildman–Crippen MR) is 130 cm³/mol. The van der Waals surface area contributed by atoms with Crippen LogP contribution in [0.5, 0.6) is 0 Å². The second-order valence-electron chi connectivity index (χ2n) is 9.82. The average molecular weight is 473 g/mol. The van der Waals surface area contributed by atoms with E-state index in [1.807, 2.05) is 6.92 Å². The largest absolute Gasteiger partial charge is 0.367 e. The zero-order chi connectivity index (χ0) is 25.0. The number of carbonyl (C=O) groups excluding carboxylic acids is 3. The lowest BCUT2D eigenvalue weighted by molar-refractivity contribution is -0.384. The maximum absolute atomic E-state index is 14.0. The van der Waals surface area contributed by atoms with E-state index in [1.165, 1.54) is 17.0 Å². The summed E-state index contributed by atoms with van der Waals surface area (Å²) in [5, 5.41) is 13.9. The van der Waals surface area contributed by atoms with Crippen molar-refractivity contribution in [2.45, 2.75) is 78.7 Å². The molecule has 4 amide bonds. The van der Waals surface area contributed by atoms with Crippen molar-refractivity contribution in [3.05, 3.63) is 33.9 Å². The summed E-state index contributed by atoms with van der Waals surface area (Å²) < 4.78 is 0. The fourth-order valence-corrected chi connectivity index (χ4v) is 5.26. The first-order valence-electron chi connectivity index (χ1n) is 12.4. The highest BCUT2D eigenvalue weighted by atomic mass is 16.6. The zero-order valence-corrected chi connectivity index (χ0v) is 20.6. The number of barbiturate groups is 1. The lowest BCUT2D eigenvalue weighted by Gasteiger charge is -2.52. The second-order valence-corrected chi connectivity index (χ2v) is 9.82. The number of nitrogens with one attached hydrogen (secondary N) is 1. The maximum atomic E-state index is 14.0. The summed E-state index contributed by atoms with van der Waals surface area (Å²) in [6.45, 7) is 9.10. The molecule has 9 heteroatoms. The van der Waals surface area contributed by atoms with Crippen molar-refractivity contribution in [1.29, 1.82) is 0 Å². The highest BCUT2D eigenvalue weighted by Gasteiger charge is 2.61. The smallest absolute Gasteiger partial charge is 0.330 e. The molecule has 0 radical (unpaired) electrons. The van der Waals surface area contributed by atoms with Gasteiger partial charge in [0, 0.05) is 37.3 Å². The standard InChI is InChI=1S/C25H36N4O5/c1-5-7-13-27-20-12-11-19(29(33)34)15-18(20)16-25(21(27)9-6-2)22(30)26-24(32)28(23(25)31)14-8-10-17(3)4/h11-12,15,17,21H,5-10,13-14,16H2,1-4H3,(H,26,30,32)/t21-,25+/m0/s1. The monoisotopic (exact) mass is 472 g/mol. The molecule has 9 nitrogen and oxygen atoms in total. The van der Waals surface area contributed by atoms with E-state index in [9.17, 15) is 24.5 Å². The number of non-ortho nitro benzene ring substituents is 1. The van der Waals surface area contributed by atoms with Crippen LogP contribution in [-0.2, 0) is 16.0 Å². The summed E-state index contributed by atoms with van der Waals surface area (Å²) in [4.78, 5) is 54.5. The van der Waals surface area contributed by atoms with Gasteiger partial charge in [0.05, 0.1) is 11.0 Å². The molecule has 2 aliphatic rings. The number of fused-ring (bicyclic) bond motifs is 1. The van der Waals surface area contributed by atoms with Crippen molar-refractivity contribution in [2.75, 3.05) is 18.0 Å². The molecule has 0 unspecified atom stereocenters. The molecular weight excluding hydrogens is 436 g/mol. The number of amides is 4. The number of imide groups is 2. The Bertz CT molecular complexity index is 963. The minimum Gasteiger partial charge on any atom is -0.367 e. The molecular formula is C25H36N4O5. The SMILES string of the molecule is CCCCN1c2ccc([N+](=O)[O-])cc2C[C@]2(C(=O)NC(=O)N(CCCC(C)C)C2=O)[C@@H]1CCC. The van der Waals surface area contributed by atoms with Gasteiger partial charge in [-0.05, 0) is 43.2 Å². The first-order chi connectivity index (χ1) is 16.2. The number of hydrogen-bond donors (Lipinski definition) is 1. The Morgan fingerprint density at radius 2 is 1.88 bits per heavy atom. The number of benzene rings is 1. The fraction of sp³-hybridized carbons (Fsp3) is 0.640. The predicted octanol–water partition coefficient (Wildman–Crippen LogP) is 4.43. The van der Waals surface area contributed by atoms with Crippen LogP contribution in [0.4, 0.5) is 16.2 Å². The third-order valence-electron chi connectivity index (χ3n) is 6.97. The molecule has 0 aromatic heterocycles. The van der Waals surface area contributed by atoms with Crippen LogP contribution in [0.1, 0.15) is 71.8 Å². The molecule has 0 aliphatic carbocycles. The van der Waals surface area contributed by atoms with Gasteiger partial charge in [0.2, 0.25) is 11.8 Å². The van der Waals surface area contributed by atoms with E-state index in [4.69, 9.17) is 0 Å². The summed E-state index contributed by atoms with van der Waals surface area (Å²) >= 11 is 0. The Hall–Kier alpha value is -2.97. The second kappa shape index (κ2) is 10.5. The quantitative estimate of drug-likeness (QED) is 0.306. The summed E-state index contributed by atoms with van der Waals surface area (Å²) in [5.74, 6) is -0.653. The number of unbranched alkanes of at least 4 members (excludes halogenated alkanes) is 1. The number of urea groups is 1. The summed E-state index contributed by atoms with van der Waals surface area (Å²) in [7, 11) is 0. The molecule has 1 saturated heterocycles. The third kappa shape index (κ3) is 4.65. The van der Waals surface area contributed by atoms with Crippen molar-refractivity contribution in [3.8, 4) is 0 Å². The van der Waals surface area contributed by atoms with E-state index < -0.39 is 34.2 Å². The topological polar surface area (TPSA) is 113 Å². The lowest BCUT2D eigenvalue weighted by Crippen LogP contribution is -2.72. The first-order valence-corrected chi connectivity index (χ1v) is 12.4. The maximum Gasteiger partial charge on any atom is 0.330 e.